The zero-order valence-corrected chi connectivity index (χ0v) is 9.76. The van der Waals surface area contributed by atoms with Gasteiger partial charge in [-0.3, -0.25) is 4.79 Å². The van der Waals surface area contributed by atoms with E-state index < -0.39 is 11.5 Å². The molecule has 0 saturated carbocycles. The minimum Gasteiger partial charge on any atom is -0.480 e. The summed E-state index contributed by atoms with van der Waals surface area (Å²) in [7, 11) is 0. The van der Waals surface area contributed by atoms with Gasteiger partial charge in [-0.15, -0.1) is 0 Å². The van der Waals surface area contributed by atoms with Gasteiger partial charge in [-0.05, 0) is 18.3 Å². The molecule has 0 aromatic rings. The number of hydrogen-bond donors (Lipinski definition) is 2. The Morgan fingerprint density at radius 3 is 2.14 bits per heavy atom. The van der Waals surface area contributed by atoms with Gasteiger partial charge < -0.3 is 10.8 Å². The lowest BCUT2D eigenvalue weighted by Gasteiger charge is -2.31. The Labute approximate surface area is 86.7 Å². The molecule has 0 aromatic heterocycles. The van der Waals surface area contributed by atoms with Crippen molar-refractivity contribution in [3.05, 3.63) is 0 Å². The lowest BCUT2D eigenvalue weighted by molar-refractivity contribution is -0.145. The second-order valence-electron chi connectivity index (χ2n) is 5.30. The van der Waals surface area contributed by atoms with Crippen LogP contribution in [0.25, 0.3) is 0 Å². The fourth-order valence-electron chi connectivity index (χ4n) is 1.71. The molecular weight excluding hydrogens is 178 g/mol. The summed E-state index contributed by atoms with van der Waals surface area (Å²) in [5.74, 6) is -0.874. The van der Waals surface area contributed by atoms with Crippen molar-refractivity contribution in [1.29, 1.82) is 0 Å². The Hall–Kier alpha value is -0.570. The first-order chi connectivity index (χ1) is 6.21. The molecule has 0 aliphatic heterocycles. The molecule has 14 heavy (non-hydrogen) atoms. The van der Waals surface area contributed by atoms with E-state index in [1.807, 2.05) is 27.7 Å². The van der Waals surface area contributed by atoms with Gasteiger partial charge in [0.05, 0.1) is 0 Å². The third-order valence-electron chi connectivity index (χ3n) is 2.25. The molecule has 0 unspecified atom stereocenters. The Kier molecular flexibility index (Phi) is 4.59. The number of carboxylic acid groups (broad SMARTS) is 1. The molecule has 0 aliphatic rings. The Morgan fingerprint density at radius 1 is 1.36 bits per heavy atom. The average Bonchev–Trinajstić information content (AvgIpc) is 1.97. The molecule has 0 amide bonds. The molecule has 0 heterocycles. The van der Waals surface area contributed by atoms with Crippen molar-refractivity contribution in [1.82, 2.24) is 0 Å². The van der Waals surface area contributed by atoms with Crippen LogP contribution < -0.4 is 5.73 Å². The minimum atomic E-state index is -1.05. The highest BCUT2D eigenvalue weighted by Crippen LogP contribution is 2.29. The van der Waals surface area contributed by atoms with Gasteiger partial charge in [-0.2, -0.15) is 0 Å². The molecule has 0 rings (SSSR count). The summed E-state index contributed by atoms with van der Waals surface area (Å²) >= 11 is 0. The average molecular weight is 201 g/mol. The third-order valence-corrected chi connectivity index (χ3v) is 2.25. The fraction of sp³-hybridized carbons (Fsp3) is 0.909. The first-order valence-corrected chi connectivity index (χ1v) is 5.23. The maximum Gasteiger partial charge on any atom is 0.323 e. The molecule has 0 aliphatic carbocycles. The summed E-state index contributed by atoms with van der Waals surface area (Å²) < 4.78 is 0. The van der Waals surface area contributed by atoms with Crippen molar-refractivity contribution in [3.8, 4) is 0 Å². The van der Waals surface area contributed by atoms with E-state index in [0.29, 0.717) is 12.8 Å². The van der Waals surface area contributed by atoms with Crippen LogP contribution in [0.5, 0.6) is 0 Å². The van der Waals surface area contributed by atoms with Gasteiger partial charge in [0.15, 0.2) is 0 Å². The van der Waals surface area contributed by atoms with Crippen LogP contribution in [0.2, 0.25) is 0 Å². The van der Waals surface area contributed by atoms with Crippen LogP contribution in [0, 0.1) is 5.41 Å². The van der Waals surface area contributed by atoms with Gasteiger partial charge in [-0.25, -0.2) is 0 Å². The van der Waals surface area contributed by atoms with Crippen molar-refractivity contribution < 1.29 is 9.90 Å². The Morgan fingerprint density at radius 2 is 1.86 bits per heavy atom. The third kappa shape index (κ3) is 4.61. The maximum atomic E-state index is 11.1. The Bertz CT molecular complexity index is 196. The molecule has 3 nitrogen and oxygen atoms in total. The first kappa shape index (κ1) is 13.4. The van der Waals surface area contributed by atoms with E-state index >= 15 is 0 Å². The molecular formula is C11H23NO2. The minimum absolute atomic E-state index is 0.0408. The number of unbranched alkanes of at least 4 members (excludes halogenated alkanes) is 1. The van der Waals surface area contributed by atoms with Crippen LogP contribution in [0.15, 0.2) is 0 Å². The molecule has 0 aromatic carbocycles. The molecule has 0 bridgehead atoms. The molecule has 0 saturated heterocycles. The standard InChI is InChI=1S/C11H23NO2/c1-5-6-7-11(12,9(13)14)8-10(2,3)4/h5-8,12H2,1-4H3,(H,13,14)/t11-/m0/s1. The predicted molar refractivity (Wildman–Crippen MR) is 58.2 cm³/mol. The summed E-state index contributed by atoms with van der Waals surface area (Å²) in [5.41, 5.74) is 4.83. The van der Waals surface area contributed by atoms with Crippen LogP contribution in [0.4, 0.5) is 0 Å². The maximum absolute atomic E-state index is 11.1. The van der Waals surface area contributed by atoms with Crippen LogP contribution in [-0.2, 0) is 4.79 Å². The van der Waals surface area contributed by atoms with E-state index in [0.717, 1.165) is 12.8 Å². The SMILES string of the molecule is CCCC[C@](N)(CC(C)(C)C)C(=O)O. The number of aliphatic carboxylic acids is 1. The number of carboxylic acids is 1. The predicted octanol–water partition coefficient (Wildman–Crippen LogP) is 2.39. The van der Waals surface area contributed by atoms with E-state index in [1.54, 1.807) is 0 Å². The number of rotatable bonds is 5. The molecule has 0 spiro atoms. The van der Waals surface area contributed by atoms with E-state index in [-0.39, 0.29) is 5.41 Å². The number of nitrogens with two attached hydrogens (primary N) is 1. The van der Waals surface area contributed by atoms with Crippen molar-refractivity contribution >= 4 is 5.97 Å². The van der Waals surface area contributed by atoms with Gasteiger partial charge in [0.2, 0.25) is 0 Å². The van der Waals surface area contributed by atoms with Crippen molar-refractivity contribution in [2.45, 2.75) is 58.9 Å². The van der Waals surface area contributed by atoms with Gasteiger partial charge in [0.1, 0.15) is 5.54 Å². The summed E-state index contributed by atoms with van der Waals surface area (Å²) in [4.78, 5) is 11.1. The van der Waals surface area contributed by atoms with Crippen LogP contribution in [-0.4, -0.2) is 16.6 Å². The van der Waals surface area contributed by atoms with E-state index in [2.05, 4.69) is 0 Å². The Balaban J connectivity index is 4.48. The van der Waals surface area contributed by atoms with E-state index in [9.17, 15) is 4.79 Å². The van der Waals surface area contributed by atoms with Crippen LogP contribution >= 0.6 is 0 Å². The highest BCUT2D eigenvalue weighted by molar-refractivity contribution is 5.78. The second-order valence-corrected chi connectivity index (χ2v) is 5.30. The highest BCUT2D eigenvalue weighted by atomic mass is 16.4. The second kappa shape index (κ2) is 4.78. The molecule has 3 N–H and O–H groups in total. The van der Waals surface area contributed by atoms with Crippen LogP contribution in [0.3, 0.4) is 0 Å². The largest absolute Gasteiger partial charge is 0.480 e. The van der Waals surface area contributed by atoms with Crippen LogP contribution in [0.1, 0.15) is 53.4 Å². The quantitative estimate of drug-likeness (QED) is 0.718. The van der Waals surface area contributed by atoms with Gasteiger partial charge in [-0.1, -0.05) is 40.5 Å². The molecule has 84 valence electrons. The lowest BCUT2D eigenvalue weighted by Crippen LogP contribution is -2.50. The zero-order valence-electron chi connectivity index (χ0n) is 9.76. The molecule has 1 atom stereocenters. The van der Waals surface area contributed by atoms with Gasteiger partial charge in [0, 0.05) is 0 Å². The fourth-order valence-corrected chi connectivity index (χ4v) is 1.71. The smallest absolute Gasteiger partial charge is 0.323 e. The normalized spacial score (nSPS) is 16.4. The van der Waals surface area contributed by atoms with Crippen molar-refractivity contribution in [2.75, 3.05) is 0 Å². The van der Waals surface area contributed by atoms with Gasteiger partial charge in [0.25, 0.3) is 0 Å². The number of hydrogen-bond acceptors (Lipinski definition) is 2. The molecule has 0 radical (unpaired) electrons. The number of carbonyl (C=O) groups is 1. The topological polar surface area (TPSA) is 63.3 Å². The summed E-state index contributed by atoms with van der Waals surface area (Å²) in [6.45, 7) is 8.09. The van der Waals surface area contributed by atoms with E-state index in [4.69, 9.17) is 10.8 Å². The molecule has 3 heteroatoms. The zero-order chi connectivity index (χ0) is 11.4. The van der Waals surface area contributed by atoms with Crippen molar-refractivity contribution in [3.63, 3.8) is 0 Å². The summed E-state index contributed by atoms with van der Waals surface area (Å²) in [6.07, 6.45) is 2.95. The van der Waals surface area contributed by atoms with Gasteiger partial charge >= 0.3 is 5.97 Å². The highest BCUT2D eigenvalue weighted by Gasteiger charge is 2.37. The monoisotopic (exact) mass is 201 g/mol. The summed E-state index contributed by atoms with van der Waals surface area (Å²) in [5, 5.41) is 9.10. The summed E-state index contributed by atoms with van der Waals surface area (Å²) in [6, 6.07) is 0. The van der Waals surface area contributed by atoms with E-state index in [1.165, 1.54) is 0 Å². The first-order valence-electron chi connectivity index (χ1n) is 5.23. The van der Waals surface area contributed by atoms with Crippen molar-refractivity contribution in [2.24, 2.45) is 11.1 Å². The molecule has 0 fully saturated rings. The lowest BCUT2D eigenvalue weighted by atomic mass is 9.78.